The van der Waals surface area contributed by atoms with Crippen LogP contribution in [0.4, 0.5) is 0 Å². The molecule has 0 aromatic carbocycles. The number of rotatable bonds is 7. The van der Waals surface area contributed by atoms with Gasteiger partial charge in [-0.2, -0.15) is 0 Å². The molecule has 0 aromatic heterocycles. The van der Waals surface area contributed by atoms with Gasteiger partial charge in [0, 0.05) is 13.4 Å². The zero-order valence-electron chi connectivity index (χ0n) is 10.6. The maximum atomic E-state index is 3.74. The molecule has 0 heterocycles. The Hall–Kier alpha value is 0.697. The van der Waals surface area contributed by atoms with Crippen LogP contribution >= 0.6 is 15.9 Å². The van der Waals surface area contributed by atoms with Gasteiger partial charge < -0.3 is 0 Å². The first-order valence-electron chi connectivity index (χ1n) is 5.95. The van der Waals surface area contributed by atoms with Crippen LogP contribution in [0.15, 0.2) is 0 Å². The van der Waals surface area contributed by atoms with Gasteiger partial charge in [0.05, 0.1) is 0 Å². The van der Waals surface area contributed by atoms with Crippen molar-refractivity contribution in [2.75, 3.05) is 5.33 Å². The molecule has 0 fully saturated rings. The van der Waals surface area contributed by atoms with Crippen molar-refractivity contribution in [1.29, 1.82) is 0 Å². The van der Waals surface area contributed by atoms with Crippen molar-refractivity contribution in [1.82, 2.24) is 0 Å². The average Bonchev–Trinajstić information content (AvgIpc) is 2.10. The van der Waals surface area contributed by atoms with E-state index in [1.54, 1.807) is 0 Å². The zero-order chi connectivity index (χ0) is 11.2. The Labute approximate surface area is 100 Å². The summed E-state index contributed by atoms with van der Waals surface area (Å²) < 4.78 is 0. The lowest BCUT2D eigenvalue weighted by Gasteiger charge is -2.36. The van der Waals surface area contributed by atoms with Crippen molar-refractivity contribution < 1.29 is 0 Å². The first kappa shape index (κ1) is 14.7. The van der Waals surface area contributed by atoms with Crippen molar-refractivity contribution >= 4 is 24.0 Å². The van der Waals surface area contributed by atoms with E-state index in [9.17, 15) is 0 Å². The van der Waals surface area contributed by atoms with E-state index in [2.05, 4.69) is 49.4 Å². The second-order valence-electron chi connectivity index (χ2n) is 5.83. The molecule has 0 radical (unpaired) electrons. The second kappa shape index (κ2) is 6.32. The zero-order valence-corrected chi connectivity index (χ0v) is 13.2. The first-order valence-corrected chi connectivity index (χ1v) is 10.8. The Morgan fingerprint density at radius 3 is 2.00 bits per heavy atom. The van der Waals surface area contributed by atoms with E-state index in [1.807, 2.05) is 0 Å². The van der Waals surface area contributed by atoms with Gasteiger partial charge in [-0.05, 0) is 18.3 Å². The standard InChI is InChI=1S/C12H27BrSi/c1-6-8-9-12(7-2,10-13)11-14(3,4)5/h6-11H2,1-5H3. The normalized spacial score (nSPS) is 16.7. The smallest absolute Gasteiger partial charge is 0.0448 e. The van der Waals surface area contributed by atoms with E-state index in [0.29, 0.717) is 5.41 Å². The Kier molecular flexibility index (Phi) is 6.63. The van der Waals surface area contributed by atoms with E-state index in [0.717, 1.165) is 0 Å². The van der Waals surface area contributed by atoms with Crippen LogP contribution in [0, 0.1) is 5.41 Å². The molecule has 0 aliphatic carbocycles. The van der Waals surface area contributed by atoms with E-state index >= 15 is 0 Å². The average molecular weight is 279 g/mol. The molecule has 0 spiro atoms. The van der Waals surface area contributed by atoms with Crippen LogP contribution in [0.3, 0.4) is 0 Å². The summed E-state index contributed by atoms with van der Waals surface area (Å²) in [6.07, 6.45) is 5.47. The maximum Gasteiger partial charge on any atom is 0.0448 e. The maximum absolute atomic E-state index is 3.74. The lowest BCUT2D eigenvalue weighted by molar-refractivity contribution is 0.318. The third kappa shape index (κ3) is 5.55. The molecule has 0 saturated carbocycles. The lowest BCUT2D eigenvalue weighted by atomic mass is 9.84. The number of hydrogen-bond acceptors (Lipinski definition) is 0. The third-order valence-corrected chi connectivity index (χ3v) is 6.00. The number of alkyl halides is 1. The van der Waals surface area contributed by atoms with Crippen LogP contribution in [0.25, 0.3) is 0 Å². The summed E-state index contributed by atoms with van der Waals surface area (Å²) in [5.41, 5.74) is 0.598. The molecule has 0 amide bonds. The molecule has 1 atom stereocenters. The van der Waals surface area contributed by atoms with Crippen molar-refractivity contribution in [3.8, 4) is 0 Å². The molecule has 1 unspecified atom stereocenters. The Bertz CT molecular complexity index is 145. The van der Waals surface area contributed by atoms with E-state index in [1.165, 1.54) is 37.1 Å². The second-order valence-corrected chi connectivity index (χ2v) is 11.9. The summed E-state index contributed by atoms with van der Waals surface area (Å²) in [6, 6.07) is 1.47. The van der Waals surface area contributed by atoms with Gasteiger partial charge in [-0.25, -0.2) is 0 Å². The minimum absolute atomic E-state index is 0.598. The molecular formula is C12H27BrSi. The molecule has 2 heteroatoms. The number of unbranched alkanes of at least 4 members (excludes halogenated alkanes) is 1. The molecule has 0 aliphatic rings. The van der Waals surface area contributed by atoms with E-state index in [-0.39, 0.29) is 0 Å². The van der Waals surface area contributed by atoms with Gasteiger partial charge in [0.1, 0.15) is 0 Å². The number of halogens is 1. The monoisotopic (exact) mass is 278 g/mol. The molecule has 86 valence electrons. The SMILES string of the molecule is CCCCC(CC)(CBr)C[Si](C)(C)C. The molecule has 0 nitrogen and oxygen atoms in total. The summed E-state index contributed by atoms with van der Waals surface area (Å²) in [4.78, 5) is 0. The quantitative estimate of drug-likeness (QED) is 0.438. The van der Waals surface area contributed by atoms with Crippen molar-refractivity contribution in [3.05, 3.63) is 0 Å². The summed E-state index contributed by atoms with van der Waals surface area (Å²) in [5.74, 6) is 0. The van der Waals surface area contributed by atoms with Crippen LogP contribution in [0.5, 0.6) is 0 Å². The molecule has 14 heavy (non-hydrogen) atoms. The van der Waals surface area contributed by atoms with Gasteiger partial charge in [-0.1, -0.05) is 68.3 Å². The molecule has 0 aromatic rings. The topological polar surface area (TPSA) is 0 Å². The fourth-order valence-corrected chi connectivity index (χ4v) is 6.32. The molecular weight excluding hydrogens is 252 g/mol. The van der Waals surface area contributed by atoms with E-state index < -0.39 is 8.07 Å². The van der Waals surface area contributed by atoms with Crippen molar-refractivity contribution in [2.45, 2.75) is 65.2 Å². The van der Waals surface area contributed by atoms with Gasteiger partial charge in [-0.3, -0.25) is 0 Å². The van der Waals surface area contributed by atoms with Crippen LogP contribution in [0.2, 0.25) is 25.7 Å². The van der Waals surface area contributed by atoms with Crippen molar-refractivity contribution in [2.24, 2.45) is 5.41 Å². The Balaban J connectivity index is 4.36. The Morgan fingerprint density at radius 1 is 1.14 bits per heavy atom. The van der Waals surface area contributed by atoms with Crippen LogP contribution in [-0.2, 0) is 0 Å². The highest BCUT2D eigenvalue weighted by atomic mass is 79.9. The summed E-state index contributed by atoms with van der Waals surface area (Å²) in [5, 5.41) is 1.20. The molecule has 0 saturated heterocycles. The summed E-state index contributed by atoms with van der Waals surface area (Å²) >= 11 is 3.74. The highest BCUT2D eigenvalue weighted by Gasteiger charge is 2.32. The van der Waals surface area contributed by atoms with Gasteiger partial charge in [0.15, 0.2) is 0 Å². The van der Waals surface area contributed by atoms with E-state index in [4.69, 9.17) is 0 Å². The fourth-order valence-electron chi connectivity index (χ4n) is 2.28. The van der Waals surface area contributed by atoms with Gasteiger partial charge in [-0.15, -0.1) is 0 Å². The third-order valence-electron chi connectivity index (χ3n) is 3.00. The van der Waals surface area contributed by atoms with Crippen molar-refractivity contribution in [3.63, 3.8) is 0 Å². The van der Waals surface area contributed by atoms with Gasteiger partial charge in [0.2, 0.25) is 0 Å². The molecule has 0 aliphatic heterocycles. The molecule has 0 bridgehead atoms. The van der Waals surface area contributed by atoms with Crippen LogP contribution in [0.1, 0.15) is 39.5 Å². The summed E-state index contributed by atoms with van der Waals surface area (Å²) in [6.45, 7) is 12.1. The Morgan fingerprint density at radius 2 is 1.71 bits per heavy atom. The summed E-state index contributed by atoms with van der Waals surface area (Å²) in [7, 11) is -0.915. The highest BCUT2D eigenvalue weighted by molar-refractivity contribution is 9.09. The fraction of sp³-hybridized carbons (Fsp3) is 1.00. The van der Waals surface area contributed by atoms with Crippen LogP contribution < -0.4 is 0 Å². The number of hydrogen-bond donors (Lipinski definition) is 0. The molecule has 0 rings (SSSR count). The van der Waals surface area contributed by atoms with Gasteiger partial charge >= 0.3 is 0 Å². The van der Waals surface area contributed by atoms with Gasteiger partial charge in [0.25, 0.3) is 0 Å². The minimum atomic E-state index is -0.915. The minimum Gasteiger partial charge on any atom is -0.0922 e. The van der Waals surface area contributed by atoms with Crippen LogP contribution in [-0.4, -0.2) is 13.4 Å². The predicted octanol–water partition coefficient (Wildman–Crippen LogP) is 5.31. The molecule has 0 N–H and O–H groups in total. The lowest BCUT2D eigenvalue weighted by Crippen LogP contribution is -2.33. The largest absolute Gasteiger partial charge is 0.0922 e. The predicted molar refractivity (Wildman–Crippen MR) is 74.2 cm³/mol. The highest BCUT2D eigenvalue weighted by Crippen LogP contribution is 2.39. The first-order chi connectivity index (χ1) is 6.39.